The molecule has 0 radical (unpaired) electrons. The van der Waals surface area contributed by atoms with E-state index in [-0.39, 0.29) is 39.2 Å². The second kappa shape index (κ2) is 20.4. The highest BCUT2D eigenvalue weighted by Crippen LogP contribution is 2.20. The van der Waals surface area contributed by atoms with Crippen LogP contribution in [-0.4, -0.2) is 70.3 Å². The van der Waals surface area contributed by atoms with Crippen molar-refractivity contribution >= 4 is 51.8 Å². The summed E-state index contributed by atoms with van der Waals surface area (Å²) in [5, 5.41) is 18.8. The first-order chi connectivity index (χ1) is 27.2. The van der Waals surface area contributed by atoms with Gasteiger partial charge in [-0.05, 0) is 41.3 Å². The summed E-state index contributed by atoms with van der Waals surface area (Å²) < 4.78 is 15.2. The Kier molecular flexibility index (Phi) is 14.6. The first kappa shape index (κ1) is 40.1. The number of para-hydroxylation sites is 2. The van der Waals surface area contributed by atoms with E-state index in [1.165, 1.54) is 0 Å². The van der Waals surface area contributed by atoms with E-state index in [0.717, 1.165) is 44.1 Å². The molecule has 4 aromatic carbocycles. The van der Waals surface area contributed by atoms with Gasteiger partial charge in [-0.3, -0.25) is 9.59 Å². The molecule has 0 bridgehead atoms. The number of carbonyl (C=O) groups is 5. The van der Waals surface area contributed by atoms with Crippen molar-refractivity contribution in [2.24, 2.45) is 0 Å². The molecular weight excluding hydrogens is 718 g/mol. The number of hydrogen-bond acceptors (Lipinski definition) is 8. The van der Waals surface area contributed by atoms with Crippen LogP contribution in [-0.2, 0) is 54.6 Å². The van der Waals surface area contributed by atoms with Crippen molar-refractivity contribution < 1.29 is 43.3 Å². The highest BCUT2D eigenvalue weighted by atomic mass is 16.6. The molecule has 14 heteroatoms. The Labute approximate surface area is 322 Å². The quantitative estimate of drug-likeness (QED) is 0.0555. The normalized spacial score (nSPS) is 11.7. The van der Waals surface area contributed by atoms with Crippen molar-refractivity contribution in [2.45, 2.75) is 45.1 Å². The van der Waals surface area contributed by atoms with Crippen molar-refractivity contribution in [3.63, 3.8) is 0 Å². The second-order valence-electron chi connectivity index (χ2n) is 12.5. The van der Waals surface area contributed by atoms with Crippen LogP contribution in [0.2, 0.25) is 0 Å². The molecule has 0 aliphatic carbocycles. The minimum Gasteiger partial charge on any atom is -0.480 e. The van der Waals surface area contributed by atoms with Crippen LogP contribution in [0, 0.1) is 0 Å². The van der Waals surface area contributed by atoms with Gasteiger partial charge in [-0.1, -0.05) is 97.1 Å². The number of fused-ring (bicyclic) bond motifs is 2. The van der Waals surface area contributed by atoms with Gasteiger partial charge in [0.1, 0.15) is 31.8 Å². The van der Waals surface area contributed by atoms with Crippen molar-refractivity contribution in [2.75, 3.05) is 13.2 Å². The smallest absolute Gasteiger partial charge is 0.408 e. The van der Waals surface area contributed by atoms with Crippen LogP contribution >= 0.6 is 0 Å². The zero-order valence-electron chi connectivity index (χ0n) is 30.7. The molecule has 0 spiro atoms. The van der Waals surface area contributed by atoms with E-state index in [2.05, 4.69) is 25.9 Å². The molecular formula is C42H43N5O9. The van der Waals surface area contributed by atoms with Crippen LogP contribution in [0.1, 0.15) is 29.2 Å². The summed E-state index contributed by atoms with van der Waals surface area (Å²) in [6, 6.07) is 31.7. The van der Waals surface area contributed by atoms with Crippen molar-refractivity contribution in [3.05, 3.63) is 144 Å². The third kappa shape index (κ3) is 12.0. The first-order valence-electron chi connectivity index (χ1n) is 17.9. The lowest BCUT2D eigenvalue weighted by molar-refractivity contribution is -0.143. The fourth-order valence-electron chi connectivity index (χ4n) is 5.76. The monoisotopic (exact) mass is 761 g/mol. The van der Waals surface area contributed by atoms with Gasteiger partial charge in [0.05, 0.1) is 6.61 Å². The molecule has 6 aromatic rings. The number of carboxylic acid groups (broad SMARTS) is 1. The van der Waals surface area contributed by atoms with Gasteiger partial charge < -0.3 is 45.2 Å². The predicted octanol–water partition coefficient (Wildman–Crippen LogP) is 5.77. The van der Waals surface area contributed by atoms with Gasteiger partial charge in [-0.2, -0.15) is 0 Å². The Hall–Kier alpha value is -7.09. The number of amides is 3. The maximum Gasteiger partial charge on any atom is 0.408 e. The average Bonchev–Trinajstić information content (AvgIpc) is 3.83. The molecule has 2 heterocycles. The lowest BCUT2D eigenvalue weighted by Crippen LogP contribution is -2.49. The van der Waals surface area contributed by atoms with Crippen LogP contribution < -0.4 is 16.0 Å². The van der Waals surface area contributed by atoms with Gasteiger partial charge in [-0.25, -0.2) is 14.4 Å². The molecule has 2 atom stereocenters. The number of ether oxygens (including phenoxy) is 3. The fourth-order valence-corrected chi connectivity index (χ4v) is 5.76. The Balaban J connectivity index is 0.000000219. The van der Waals surface area contributed by atoms with Gasteiger partial charge >= 0.3 is 24.1 Å². The maximum atomic E-state index is 12.7. The molecule has 0 unspecified atom stereocenters. The number of esters is 1. The number of carboxylic acids is 1. The van der Waals surface area contributed by atoms with Crippen molar-refractivity contribution in [1.29, 1.82) is 0 Å². The summed E-state index contributed by atoms with van der Waals surface area (Å²) in [6.45, 7) is 1.79. The Morgan fingerprint density at radius 3 is 1.54 bits per heavy atom. The number of aliphatic carboxylic acids is 1. The molecule has 0 saturated carbocycles. The molecule has 3 amide bonds. The van der Waals surface area contributed by atoms with Crippen molar-refractivity contribution in [3.8, 4) is 0 Å². The zero-order chi connectivity index (χ0) is 39.7. The van der Waals surface area contributed by atoms with Gasteiger partial charge in [0.25, 0.3) is 0 Å². The Morgan fingerprint density at radius 2 is 1.05 bits per heavy atom. The summed E-state index contributed by atoms with van der Waals surface area (Å²) in [6.07, 6.45) is 2.47. The van der Waals surface area contributed by atoms with E-state index in [4.69, 9.17) is 14.2 Å². The number of alkyl carbamates (subject to hydrolysis) is 2. The van der Waals surface area contributed by atoms with Crippen LogP contribution in [0.4, 0.5) is 9.59 Å². The maximum absolute atomic E-state index is 12.7. The lowest BCUT2D eigenvalue weighted by Gasteiger charge is -2.18. The topological polar surface area (TPSA) is 201 Å². The third-order valence-electron chi connectivity index (χ3n) is 8.53. The van der Waals surface area contributed by atoms with E-state index >= 15 is 0 Å². The second-order valence-corrected chi connectivity index (χ2v) is 12.5. The molecule has 0 fully saturated rings. The van der Waals surface area contributed by atoms with E-state index in [0.29, 0.717) is 0 Å². The predicted molar refractivity (Wildman–Crippen MR) is 208 cm³/mol. The highest BCUT2D eigenvalue weighted by molar-refractivity contribution is 5.90. The van der Waals surface area contributed by atoms with E-state index in [9.17, 15) is 29.1 Å². The number of nitrogens with one attached hydrogen (secondary N) is 5. The molecule has 6 N–H and O–H groups in total. The van der Waals surface area contributed by atoms with E-state index < -0.39 is 42.1 Å². The van der Waals surface area contributed by atoms with Crippen LogP contribution in [0.3, 0.4) is 0 Å². The van der Waals surface area contributed by atoms with Gasteiger partial charge in [0, 0.05) is 47.0 Å². The van der Waals surface area contributed by atoms with Gasteiger partial charge in [0.2, 0.25) is 5.91 Å². The SMILES string of the molecule is CCOC(=O)CNC(=O)[C@H](Cc1c[nH]c2ccccc12)NC(=O)OCc1ccccc1.O=C(N[C@@H](Cc1c[nH]c2ccccc12)C(=O)O)OCc1ccccc1. The number of H-pyrrole nitrogens is 2. The lowest BCUT2D eigenvalue weighted by atomic mass is 10.0. The summed E-state index contributed by atoms with van der Waals surface area (Å²) in [5.41, 5.74) is 5.20. The number of benzene rings is 4. The molecule has 2 aromatic heterocycles. The number of carbonyl (C=O) groups excluding carboxylic acids is 4. The minimum absolute atomic E-state index is 0.0803. The number of rotatable bonds is 15. The van der Waals surface area contributed by atoms with Gasteiger partial charge in [0.15, 0.2) is 0 Å². The fraction of sp³-hybridized carbons (Fsp3) is 0.214. The van der Waals surface area contributed by atoms with E-state index in [1.54, 1.807) is 19.3 Å². The molecule has 56 heavy (non-hydrogen) atoms. The largest absolute Gasteiger partial charge is 0.480 e. The molecule has 0 saturated heterocycles. The summed E-state index contributed by atoms with van der Waals surface area (Å²) in [4.78, 5) is 66.3. The number of aromatic nitrogens is 2. The highest BCUT2D eigenvalue weighted by Gasteiger charge is 2.25. The molecule has 0 aliphatic heterocycles. The van der Waals surface area contributed by atoms with Crippen LogP contribution in [0.5, 0.6) is 0 Å². The molecule has 14 nitrogen and oxygen atoms in total. The summed E-state index contributed by atoms with van der Waals surface area (Å²) >= 11 is 0. The first-order valence-corrected chi connectivity index (χ1v) is 17.9. The Morgan fingerprint density at radius 1 is 0.607 bits per heavy atom. The third-order valence-corrected chi connectivity index (χ3v) is 8.53. The molecule has 6 rings (SSSR count). The number of aromatic amines is 2. The summed E-state index contributed by atoms with van der Waals surface area (Å²) in [5.74, 6) is -2.16. The van der Waals surface area contributed by atoms with Crippen molar-refractivity contribution in [1.82, 2.24) is 25.9 Å². The standard InChI is InChI=1S/C23H25N3O5.C19H18N2O4/c1-2-30-21(27)14-25-22(28)20(12-17-13-24-19-11-7-6-10-18(17)19)26-23(29)31-15-16-8-4-3-5-9-16;22-18(23)17(10-14-11-20-16-9-5-4-8-15(14)16)21-19(24)25-12-13-6-2-1-3-7-13/h3-11,13,20,24H,2,12,14-15H2,1H3,(H,25,28)(H,26,29);1-9,11,17,20H,10,12H2,(H,21,24)(H,22,23)/t20-;17-/m00/s1. The van der Waals surface area contributed by atoms with Gasteiger partial charge in [-0.15, -0.1) is 0 Å². The summed E-state index contributed by atoms with van der Waals surface area (Å²) in [7, 11) is 0. The molecule has 0 aliphatic rings. The Bertz CT molecular complexity index is 2220. The zero-order valence-corrected chi connectivity index (χ0v) is 30.7. The van der Waals surface area contributed by atoms with Crippen LogP contribution in [0.15, 0.2) is 122 Å². The number of hydrogen-bond donors (Lipinski definition) is 6. The van der Waals surface area contributed by atoms with E-state index in [1.807, 2.05) is 109 Å². The minimum atomic E-state index is -1.11. The molecule has 290 valence electrons. The average molecular weight is 762 g/mol. The van der Waals surface area contributed by atoms with Crippen LogP contribution in [0.25, 0.3) is 21.8 Å².